The van der Waals surface area contributed by atoms with E-state index in [1.807, 2.05) is 26.8 Å². The molecule has 0 saturated heterocycles. The Hall–Kier alpha value is -2.98. The van der Waals surface area contributed by atoms with Gasteiger partial charge in [0.05, 0.1) is 17.2 Å². The molecule has 9 nitrogen and oxygen atoms in total. The zero-order valence-corrected chi connectivity index (χ0v) is 17.4. The van der Waals surface area contributed by atoms with Crippen LogP contribution >= 0.6 is 0 Å². The highest BCUT2D eigenvalue weighted by Crippen LogP contribution is 2.16. The van der Waals surface area contributed by atoms with Crippen molar-refractivity contribution in [3.63, 3.8) is 0 Å². The molecule has 29 heavy (non-hydrogen) atoms. The quantitative estimate of drug-likeness (QED) is 0.514. The van der Waals surface area contributed by atoms with Crippen molar-refractivity contribution in [2.75, 3.05) is 25.0 Å². The molecule has 0 aliphatic carbocycles. The summed E-state index contributed by atoms with van der Waals surface area (Å²) in [6.45, 7) is 6.83. The maximum atomic E-state index is 12.4. The first-order chi connectivity index (χ1) is 13.9. The molecule has 2 N–H and O–H groups in total. The zero-order valence-electron chi connectivity index (χ0n) is 16.6. The molecule has 3 aromatic rings. The van der Waals surface area contributed by atoms with Crippen LogP contribution < -0.4 is 14.8 Å². The van der Waals surface area contributed by atoms with E-state index in [-0.39, 0.29) is 11.4 Å². The van der Waals surface area contributed by atoms with Crippen LogP contribution in [0.3, 0.4) is 0 Å². The molecule has 10 heteroatoms. The van der Waals surface area contributed by atoms with E-state index in [9.17, 15) is 8.42 Å². The Labute approximate surface area is 170 Å². The van der Waals surface area contributed by atoms with E-state index in [4.69, 9.17) is 4.74 Å². The van der Waals surface area contributed by atoms with Gasteiger partial charge in [0, 0.05) is 24.8 Å². The van der Waals surface area contributed by atoms with Crippen molar-refractivity contribution in [1.82, 2.24) is 24.5 Å². The topological polar surface area (TPSA) is 111 Å². The number of nitrogens with zero attached hydrogens (tertiary/aromatic N) is 4. The molecule has 3 rings (SSSR count). The van der Waals surface area contributed by atoms with Crippen LogP contribution in [0.4, 0.5) is 5.82 Å². The number of hydrogen-bond acceptors (Lipinski definition) is 7. The summed E-state index contributed by atoms with van der Waals surface area (Å²) in [5.74, 6) is 1.86. The molecule has 1 aromatic carbocycles. The number of hydrogen-bond donors (Lipinski definition) is 2. The van der Waals surface area contributed by atoms with Crippen LogP contribution in [0.2, 0.25) is 0 Å². The second-order valence-corrected chi connectivity index (χ2v) is 8.10. The Kier molecular flexibility index (Phi) is 6.45. The van der Waals surface area contributed by atoms with Gasteiger partial charge in [0.15, 0.2) is 5.82 Å². The number of rotatable bonds is 9. The van der Waals surface area contributed by atoms with E-state index in [1.165, 1.54) is 18.5 Å². The van der Waals surface area contributed by atoms with Crippen LogP contribution in [-0.4, -0.2) is 47.9 Å². The van der Waals surface area contributed by atoms with Gasteiger partial charge < -0.3 is 10.1 Å². The van der Waals surface area contributed by atoms with E-state index in [2.05, 4.69) is 25.1 Å². The zero-order chi connectivity index (χ0) is 20.9. The highest BCUT2D eigenvalue weighted by Gasteiger charge is 2.13. The van der Waals surface area contributed by atoms with Crippen molar-refractivity contribution in [2.24, 2.45) is 0 Å². The number of benzene rings is 1. The number of aryl methyl sites for hydroxylation is 2. The first-order valence-corrected chi connectivity index (χ1v) is 10.7. The molecule has 0 aliphatic heterocycles. The number of ether oxygens (including phenoxy) is 1. The lowest BCUT2D eigenvalue weighted by Crippen LogP contribution is -2.29. The lowest BCUT2D eigenvalue weighted by Gasteiger charge is -2.10. The van der Waals surface area contributed by atoms with Gasteiger partial charge >= 0.3 is 0 Å². The molecular weight excluding hydrogens is 392 g/mol. The summed E-state index contributed by atoms with van der Waals surface area (Å²) in [7, 11) is -3.59. The van der Waals surface area contributed by atoms with E-state index in [0.717, 1.165) is 11.4 Å². The summed E-state index contributed by atoms with van der Waals surface area (Å²) in [5, 5.41) is 7.49. The van der Waals surface area contributed by atoms with Gasteiger partial charge in [0.1, 0.15) is 17.9 Å². The summed E-state index contributed by atoms with van der Waals surface area (Å²) in [5.41, 5.74) is 1.87. The van der Waals surface area contributed by atoms with E-state index in [0.29, 0.717) is 30.5 Å². The summed E-state index contributed by atoms with van der Waals surface area (Å²) in [4.78, 5) is 8.59. The predicted molar refractivity (Wildman–Crippen MR) is 110 cm³/mol. The van der Waals surface area contributed by atoms with Gasteiger partial charge in [-0.3, -0.25) is 0 Å². The number of anilines is 1. The van der Waals surface area contributed by atoms with E-state index < -0.39 is 10.0 Å². The average molecular weight is 417 g/mol. The molecule has 2 aromatic heterocycles. The predicted octanol–water partition coefficient (Wildman–Crippen LogP) is 2.07. The lowest BCUT2D eigenvalue weighted by atomic mass is 10.3. The third-order valence-electron chi connectivity index (χ3n) is 4.05. The van der Waals surface area contributed by atoms with Crippen LogP contribution in [0.1, 0.15) is 18.3 Å². The van der Waals surface area contributed by atoms with Crippen molar-refractivity contribution in [1.29, 1.82) is 0 Å². The third kappa shape index (κ3) is 5.30. The SMILES string of the molecule is CCOc1ccc(S(=O)(=O)NCCNc2cc(-n3nc(C)cc3C)ncn2)cc1. The molecule has 0 aliphatic rings. The molecule has 0 unspecified atom stereocenters. The highest BCUT2D eigenvalue weighted by molar-refractivity contribution is 7.89. The Morgan fingerprint density at radius 1 is 1.07 bits per heavy atom. The Morgan fingerprint density at radius 3 is 2.48 bits per heavy atom. The lowest BCUT2D eigenvalue weighted by molar-refractivity contribution is 0.340. The van der Waals surface area contributed by atoms with E-state index in [1.54, 1.807) is 22.9 Å². The molecule has 0 amide bonds. The van der Waals surface area contributed by atoms with Gasteiger partial charge in [-0.05, 0) is 51.1 Å². The molecular formula is C19H24N6O3S. The third-order valence-corrected chi connectivity index (χ3v) is 5.52. The Morgan fingerprint density at radius 2 is 1.83 bits per heavy atom. The van der Waals surface area contributed by atoms with Gasteiger partial charge in [0.2, 0.25) is 10.0 Å². The van der Waals surface area contributed by atoms with Crippen molar-refractivity contribution < 1.29 is 13.2 Å². The number of sulfonamides is 1. The molecule has 0 saturated carbocycles. The van der Waals surface area contributed by atoms with Gasteiger partial charge in [-0.25, -0.2) is 27.8 Å². The number of aromatic nitrogens is 4. The fraction of sp³-hybridized carbons (Fsp3) is 0.316. The minimum atomic E-state index is -3.59. The van der Waals surface area contributed by atoms with Crippen LogP contribution in [0.5, 0.6) is 5.75 Å². The summed E-state index contributed by atoms with van der Waals surface area (Å²) in [6, 6.07) is 10.0. The van der Waals surface area contributed by atoms with Crippen LogP contribution in [0.25, 0.3) is 5.82 Å². The van der Waals surface area contributed by atoms with Crippen LogP contribution in [-0.2, 0) is 10.0 Å². The van der Waals surface area contributed by atoms with Crippen LogP contribution in [0.15, 0.2) is 47.6 Å². The second kappa shape index (κ2) is 9.01. The maximum Gasteiger partial charge on any atom is 0.240 e. The molecule has 2 heterocycles. The smallest absolute Gasteiger partial charge is 0.240 e. The van der Waals surface area contributed by atoms with Gasteiger partial charge in [-0.2, -0.15) is 5.10 Å². The minimum absolute atomic E-state index is 0.190. The molecule has 0 fully saturated rings. The molecule has 0 radical (unpaired) electrons. The van der Waals surface area contributed by atoms with Gasteiger partial charge in [0.25, 0.3) is 0 Å². The van der Waals surface area contributed by atoms with Crippen molar-refractivity contribution in [2.45, 2.75) is 25.7 Å². The molecule has 154 valence electrons. The van der Waals surface area contributed by atoms with Gasteiger partial charge in [-0.1, -0.05) is 0 Å². The normalized spacial score (nSPS) is 11.4. The minimum Gasteiger partial charge on any atom is -0.494 e. The summed E-state index contributed by atoms with van der Waals surface area (Å²) in [6.07, 6.45) is 1.44. The maximum absolute atomic E-state index is 12.4. The first kappa shape index (κ1) is 20.7. The van der Waals surface area contributed by atoms with Crippen molar-refractivity contribution >= 4 is 15.8 Å². The van der Waals surface area contributed by atoms with Gasteiger partial charge in [-0.15, -0.1) is 0 Å². The summed E-state index contributed by atoms with van der Waals surface area (Å²) >= 11 is 0. The fourth-order valence-corrected chi connectivity index (χ4v) is 3.79. The molecule has 0 atom stereocenters. The molecule has 0 spiro atoms. The fourth-order valence-electron chi connectivity index (χ4n) is 2.76. The second-order valence-electron chi connectivity index (χ2n) is 6.33. The average Bonchev–Trinajstić information content (AvgIpc) is 3.04. The Bertz CT molecular complexity index is 1060. The summed E-state index contributed by atoms with van der Waals surface area (Å²) < 4.78 is 34.4. The van der Waals surface area contributed by atoms with Crippen molar-refractivity contribution in [3.8, 4) is 11.6 Å². The van der Waals surface area contributed by atoms with Crippen LogP contribution in [0, 0.1) is 13.8 Å². The first-order valence-electron chi connectivity index (χ1n) is 9.21. The van der Waals surface area contributed by atoms with E-state index >= 15 is 0 Å². The largest absolute Gasteiger partial charge is 0.494 e. The Balaban J connectivity index is 1.56. The standard InChI is InChI=1S/C19H24N6O3S/c1-4-28-16-5-7-17(8-6-16)29(26,27)23-10-9-20-18-12-19(22-13-21-18)25-15(3)11-14(2)24-25/h5-8,11-13,23H,4,9-10H2,1-3H3,(H,20,21,22). The van der Waals surface area contributed by atoms with Crippen molar-refractivity contribution in [3.05, 3.63) is 54.1 Å². The highest BCUT2D eigenvalue weighted by atomic mass is 32.2. The number of nitrogens with one attached hydrogen (secondary N) is 2. The molecule has 0 bridgehead atoms. The monoisotopic (exact) mass is 416 g/mol.